The number of carbonyl (C=O) groups is 1. The Bertz CT molecular complexity index is 759. The molecule has 0 saturated carbocycles. The number of ketones is 1. The second-order valence-electron chi connectivity index (χ2n) is 4.12. The van der Waals surface area contributed by atoms with E-state index in [4.69, 9.17) is 11.6 Å². The maximum absolute atomic E-state index is 12.4. The van der Waals surface area contributed by atoms with Crippen LogP contribution in [0.15, 0.2) is 53.0 Å². The molecule has 4 heteroatoms. The van der Waals surface area contributed by atoms with Gasteiger partial charge in [-0.25, -0.2) is 0 Å². The van der Waals surface area contributed by atoms with E-state index in [0.29, 0.717) is 14.8 Å². The second-order valence-corrected chi connectivity index (χ2v) is 6.63. The Morgan fingerprint density at radius 2 is 1.79 bits per heavy atom. The molecule has 2 aromatic carbocycles. The summed E-state index contributed by atoms with van der Waals surface area (Å²) < 4.78 is 1.37. The highest BCUT2D eigenvalue weighted by Crippen LogP contribution is 2.33. The van der Waals surface area contributed by atoms with Gasteiger partial charge in [0.2, 0.25) is 5.78 Å². The molecule has 0 N–H and O–H groups in total. The highest BCUT2D eigenvalue weighted by atomic mass is 79.9. The van der Waals surface area contributed by atoms with Gasteiger partial charge >= 0.3 is 0 Å². The smallest absolute Gasteiger partial charge is 0.203 e. The molecule has 0 saturated heterocycles. The molecule has 0 fully saturated rings. The first-order valence-corrected chi connectivity index (χ1v) is 7.62. The number of benzene rings is 2. The summed E-state index contributed by atoms with van der Waals surface area (Å²) in [5, 5.41) is 2.19. The average Bonchev–Trinajstić information content (AvgIpc) is 2.77. The first-order chi connectivity index (χ1) is 9.15. The number of carbonyl (C=O) groups excluding carboxylic acids is 1. The lowest BCUT2D eigenvalue weighted by atomic mass is 10.0. The largest absolute Gasteiger partial charge is 0.288 e. The minimum atomic E-state index is 0.00310. The fraction of sp³-hybridized carbons (Fsp3) is 0. The molecule has 0 radical (unpaired) electrons. The Kier molecular flexibility index (Phi) is 3.44. The Hall–Kier alpha value is -1.16. The lowest BCUT2D eigenvalue weighted by Crippen LogP contribution is -1.97. The van der Waals surface area contributed by atoms with E-state index in [-0.39, 0.29) is 5.78 Å². The summed E-state index contributed by atoms with van der Waals surface area (Å²) >= 11 is 10.6. The van der Waals surface area contributed by atoms with Crippen LogP contribution in [0.5, 0.6) is 0 Å². The third-order valence-corrected chi connectivity index (χ3v) is 5.35. The Morgan fingerprint density at radius 3 is 2.47 bits per heavy atom. The molecule has 1 heterocycles. The fourth-order valence-corrected chi connectivity index (χ4v) is 3.60. The number of rotatable bonds is 2. The minimum Gasteiger partial charge on any atom is -0.288 e. The molecule has 3 rings (SSSR count). The van der Waals surface area contributed by atoms with Crippen molar-refractivity contribution in [2.24, 2.45) is 0 Å². The second kappa shape index (κ2) is 5.08. The molecule has 1 nitrogen and oxygen atoms in total. The summed E-state index contributed by atoms with van der Waals surface area (Å²) in [4.78, 5) is 13.0. The van der Waals surface area contributed by atoms with Gasteiger partial charge in [-0.2, -0.15) is 0 Å². The van der Waals surface area contributed by atoms with Gasteiger partial charge in [0.25, 0.3) is 0 Å². The van der Waals surface area contributed by atoms with Crippen molar-refractivity contribution in [2.45, 2.75) is 0 Å². The highest BCUT2D eigenvalue weighted by molar-refractivity contribution is 9.10. The maximum atomic E-state index is 12.4. The standard InChI is InChI=1S/C15H8BrClOS/c16-12-8-13(19-15(12)17)14(18)11-6-5-9-3-1-2-4-10(9)7-11/h1-8H. The predicted molar refractivity (Wildman–Crippen MR) is 84.4 cm³/mol. The topological polar surface area (TPSA) is 17.1 Å². The van der Waals surface area contributed by atoms with E-state index in [9.17, 15) is 4.79 Å². The zero-order chi connectivity index (χ0) is 13.4. The van der Waals surface area contributed by atoms with E-state index in [1.807, 2.05) is 42.5 Å². The van der Waals surface area contributed by atoms with Gasteiger partial charge in [-0.3, -0.25) is 4.79 Å². The summed E-state index contributed by atoms with van der Waals surface area (Å²) in [5.74, 6) is 0.00310. The third-order valence-electron chi connectivity index (χ3n) is 2.88. The van der Waals surface area contributed by atoms with Gasteiger partial charge in [0.1, 0.15) is 4.34 Å². The van der Waals surface area contributed by atoms with E-state index in [0.717, 1.165) is 15.2 Å². The maximum Gasteiger partial charge on any atom is 0.203 e. The number of hydrogen-bond acceptors (Lipinski definition) is 2. The van der Waals surface area contributed by atoms with Gasteiger partial charge in [0, 0.05) is 10.0 Å². The number of thiophene rings is 1. The van der Waals surface area contributed by atoms with Crippen LogP contribution < -0.4 is 0 Å². The minimum absolute atomic E-state index is 0.00310. The molecule has 3 aromatic rings. The molecule has 0 spiro atoms. The lowest BCUT2D eigenvalue weighted by Gasteiger charge is -2.01. The van der Waals surface area contributed by atoms with Crippen LogP contribution in [0.4, 0.5) is 0 Å². The first-order valence-electron chi connectivity index (χ1n) is 5.63. The van der Waals surface area contributed by atoms with Crippen molar-refractivity contribution in [3.63, 3.8) is 0 Å². The lowest BCUT2D eigenvalue weighted by molar-refractivity contribution is 0.104. The molecule has 0 aliphatic rings. The highest BCUT2D eigenvalue weighted by Gasteiger charge is 2.14. The molecular weight excluding hydrogens is 344 g/mol. The normalized spacial score (nSPS) is 10.8. The predicted octanol–water partition coefficient (Wildman–Crippen LogP) is 5.55. The monoisotopic (exact) mass is 350 g/mol. The molecule has 19 heavy (non-hydrogen) atoms. The van der Waals surface area contributed by atoms with Crippen LogP contribution in [-0.4, -0.2) is 5.78 Å². The molecule has 0 unspecified atom stereocenters. The fourth-order valence-electron chi connectivity index (χ4n) is 1.93. The van der Waals surface area contributed by atoms with Crippen LogP contribution in [0.1, 0.15) is 15.2 Å². The third kappa shape index (κ3) is 2.46. The zero-order valence-corrected chi connectivity index (χ0v) is 12.8. The van der Waals surface area contributed by atoms with Crippen molar-refractivity contribution < 1.29 is 4.79 Å². The summed E-state index contributed by atoms with van der Waals surface area (Å²) in [7, 11) is 0. The van der Waals surface area contributed by atoms with Crippen molar-refractivity contribution >= 4 is 55.4 Å². The Labute approximate surface area is 128 Å². The van der Waals surface area contributed by atoms with Gasteiger partial charge in [-0.05, 0) is 38.8 Å². The molecule has 1 aromatic heterocycles. The quantitative estimate of drug-likeness (QED) is 0.553. The molecule has 0 aliphatic carbocycles. The van der Waals surface area contributed by atoms with Crippen LogP contribution in [0, 0.1) is 0 Å². The van der Waals surface area contributed by atoms with Crippen molar-refractivity contribution in [2.75, 3.05) is 0 Å². The van der Waals surface area contributed by atoms with E-state index in [1.54, 1.807) is 6.07 Å². The van der Waals surface area contributed by atoms with Crippen LogP contribution in [0.2, 0.25) is 4.34 Å². The van der Waals surface area contributed by atoms with Crippen LogP contribution in [-0.2, 0) is 0 Å². The average molecular weight is 352 g/mol. The van der Waals surface area contributed by atoms with Crippen molar-refractivity contribution in [1.82, 2.24) is 0 Å². The summed E-state index contributed by atoms with van der Waals surface area (Å²) in [6.07, 6.45) is 0. The van der Waals surface area contributed by atoms with E-state index in [1.165, 1.54) is 11.3 Å². The van der Waals surface area contributed by atoms with E-state index < -0.39 is 0 Å². The molecule has 0 aliphatic heterocycles. The Morgan fingerprint density at radius 1 is 1.05 bits per heavy atom. The van der Waals surface area contributed by atoms with Gasteiger partial charge in [0.15, 0.2) is 0 Å². The van der Waals surface area contributed by atoms with Gasteiger partial charge < -0.3 is 0 Å². The zero-order valence-electron chi connectivity index (χ0n) is 9.69. The van der Waals surface area contributed by atoms with Gasteiger partial charge in [-0.1, -0.05) is 48.0 Å². The summed E-state index contributed by atoms with van der Waals surface area (Å²) in [5.41, 5.74) is 0.684. The van der Waals surface area contributed by atoms with Gasteiger partial charge in [0.05, 0.1) is 4.88 Å². The molecule has 0 atom stereocenters. The summed E-state index contributed by atoms with van der Waals surface area (Å²) in [6.45, 7) is 0. The summed E-state index contributed by atoms with van der Waals surface area (Å²) in [6, 6.07) is 15.5. The van der Waals surface area contributed by atoms with Crippen LogP contribution in [0.3, 0.4) is 0 Å². The van der Waals surface area contributed by atoms with Crippen molar-refractivity contribution in [3.8, 4) is 0 Å². The molecular formula is C15H8BrClOS. The van der Waals surface area contributed by atoms with Crippen LogP contribution >= 0.6 is 38.9 Å². The number of fused-ring (bicyclic) bond motifs is 1. The number of hydrogen-bond donors (Lipinski definition) is 0. The van der Waals surface area contributed by atoms with Crippen molar-refractivity contribution in [1.29, 1.82) is 0 Å². The number of halogens is 2. The van der Waals surface area contributed by atoms with Gasteiger partial charge in [-0.15, -0.1) is 11.3 Å². The molecule has 0 amide bonds. The molecule has 0 bridgehead atoms. The Balaban J connectivity index is 2.06. The van der Waals surface area contributed by atoms with E-state index >= 15 is 0 Å². The van der Waals surface area contributed by atoms with Crippen LogP contribution in [0.25, 0.3) is 10.8 Å². The molecule has 94 valence electrons. The first kappa shape index (κ1) is 12.9. The van der Waals surface area contributed by atoms with E-state index in [2.05, 4.69) is 15.9 Å². The SMILES string of the molecule is O=C(c1ccc2ccccc2c1)c1cc(Br)c(Cl)s1. The van der Waals surface area contributed by atoms with Crippen molar-refractivity contribution in [3.05, 3.63) is 67.8 Å².